The van der Waals surface area contributed by atoms with Crippen molar-refractivity contribution in [1.29, 1.82) is 0 Å². The number of benzene rings is 1. The molecule has 1 heterocycles. The molecule has 1 unspecified atom stereocenters. The van der Waals surface area contributed by atoms with Crippen molar-refractivity contribution in [3.05, 3.63) is 35.4 Å². The van der Waals surface area contributed by atoms with Gasteiger partial charge in [-0.1, -0.05) is 19.9 Å². The van der Waals surface area contributed by atoms with Crippen LogP contribution >= 0.6 is 0 Å². The normalized spacial score (nSPS) is 17.1. The van der Waals surface area contributed by atoms with E-state index in [1.54, 1.807) is 4.90 Å². The second kappa shape index (κ2) is 9.65. The molecule has 0 saturated carbocycles. The number of piperazine rings is 1. The molecule has 2 rings (SSSR count). The zero-order valence-electron chi connectivity index (χ0n) is 17.7. The number of rotatable bonds is 6. The molecule has 1 fully saturated rings. The van der Waals surface area contributed by atoms with Gasteiger partial charge in [-0.2, -0.15) is 0 Å². The van der Waals surface area contributed by atoms with Gasteiger partial charge in [0, 0.05) is 38.3 Å². The lowest BCUT2D eigenvalue weighted by molar-refractivity contribution is 0.00767. The first kappa shape index (κ1) is 22.6. The van der Waals surface area contributed by atoms with Crippen LogP contribution in [-0.2, 0) is 4.74 Å². The van der Waals surface area contributed by atoms with E-state index in [0.717, 1.165) is 13.1 Å². The van der Waals surface area contributed by atoms with Crippen LogP contribution in [0.5, 0.6) is 0 Å². The average molecular weight is 398 g/mol. The zero-order chi connectivity index (χ0) is 20.9. The van der Waals surface area contributed by atoms with Gasteiger partial charge in [0.15, 0.2) is 0 Å². The highest BCUT2D eigenvalue weighted by molar-refractivity contribution is 5.68. The van der Waals surface area contributed by atoms with Crippen molar-refractivity contribution in [2.75, 3.05) is 45.8 Å². The fourth-order valence-electron chi connectivity index (χ4n) is 3.49. The Morgan fingerprint density at radius 1 is 1.11 bits per heavy atom. The van der Waals surface area contributed by atoms with Gasteiger partial charge < -0.3 is 14.5 Å². The molecule has 1 aromatic carbocycles. The summed E-state index contributed by atoms with van der Waals surface area (Å²) < 4.78 is 34.5. The van der Waals surface area contributed by atoms with Crippen LogP contribution < -0.4 is 0 Å². The lowest BCUT2D eigenvalue weighted by Crippen LogP contribution is -2.52. The van der Waals surface area contributed by atoms with Crippen LogP contribution in [0.4, 0.5) is 13.6 Å². The van der Waals surface area contributed by atoms with E-state index < -0.39 is 23.3 Å². The van der Waals surface area contributed by atoms with Gasteiger partial charge in [0.25, 0.3) is 0 Å². The van der Waals surface area contributed by atoms with Crippen LogP contribution in [0.2, 0.25) is 0 Å². The third-order valence-corrected chi connectivity index (χ3v) is 5.07. The van der Waals surface area contributed by atoms with Crippen molar-refractivity contribution < 1.29 is 18.3 Å². The van der Waals surface area contributed by atoms with Gasteiger partial charge in [0.05, 0.1) is 6.04 Å². The zero-order valence-corrected chi connectivity index (χ0v) is 17.7. The molecule has 5 nitrogen and oxygen atoms in total. The van der Waals surface area contributed by atoms with Gasteiger partial charge in [-0.05, 0) is 46.0 Å². The minimum Gasteiger partial charge on any atom is -0.444 e. The SMILES string of the molecule is CCN(CC)CC(c1c(F)cccc1F)N1CCN(C(=O)OC(C)(C)C)CC1. The van der Waals surface area contributed by atoms with E-state index in [-0.39, 0.29) is 11.7 Å². The molecule has 158 valence electrons. The van der Waals surface area contributed by atoms with Gasteiger partial charge in [0.1, 0.15) is 17.2 Å². The molecule has 0 aliphatic carbocycles. The molecular weight excluding hydrogens is 364 g/mol. The van der Waals surface area contributed by atoms with Gasteiger partial charge in [-0.3, -0.25) is 4.90 Å². The maximum atomic E-state index is 14.5. The number of hydrogen-bond acceptors (Lipinski definition) is 4. The van der Waals surface area contributed by atoms with Crippen molar-refractivity contribution in [3.8, 4) is 0 Å². The van der Waals surface area contributed by atoms with Crippen LogP contribution in [-0.4, -0.2) is 72.2 Å². The van der Waals surface area contributed by atoms with E-state index in [1.165, 1.54) is 18.2 Å². The van der Waals surface area contributed by atoms with E-state index in [0.29, 0.717) is 32.7 Å². The molecule has 0 radical (unpaired) electrons. The number of halogens is 2. The maximum Gasteiger partial charge on any atom is 0.410 e. The summed E-state index contributed by atoms with van der Waals surface area (Å²) in [5.74, 6) is -1.04. The lowest BCUT2D eigenvalue weighted by Gasteiger charge is -2.41. The molecule has 28 heavy (non-hydrogen) atoms. The van der Waals surface area contributed by atoms with Crippen LogP contribution in [0.25, 0.3) is 0 Å². The van der Waals surface area contributed by atoms with Crippen LogP contribution in [0.15, 0.2) is 18.2 Å². The fraction of sp³-hybridized carbons (Fsp3) is 0.667. The third-order valence-electron chi connectivity index (χ3n) is 5.07. The molecule has 0 bridgehead atoms. The Bertz CT molecular complexity index is 631. The Morgan fingerprint density at radius 2 is 1.64 bits per heavy atom. The number of likely N-dealkylation sites (N-methyl/N-ethyl adjacent to an activating group) is 1. The monoisotopic (exact) mass is 397 g/mol. The number of carbonyl (C=O) groups is 1. The Morgan fingerprint density at radius 3 is 2.11 bits per heavy atom. The summed E-state index contributed by atoms with van der Waals surface area (Å²) in [6, 6.07) is 3.61. The Balaban J connectivity index is 2.16. The van der Waals surface area contributed by atoms with Crippen LogP contribution in [0.3, 0.4) is 0 Å². The topological polar surface area (TPSA) is 36.0 Å². The van der Waals surface area contributed by atoms with Gasteiger partial charge in [0.2, 0.25) is 0 Å². The molecular formula is C21H33F2N3O2. The van der Waals surface area contributed by atoms with Gasteiger partial charge >= 0.3 is 6.09 Å². The Hall–Kier alpha value is -1.73. The number of carbonyl (C=O) groups excluding carboxylic acids is 1. The van der Waals surface area contributed by atoms with E-state index in [2.05, 4.69) is 9.80 Å². The highest BCUT2D eigenvalue weighted by Crippen LogP contribution is 2.28. The van der Waals surface area contributed by atoms with Gasteiger partial charge in [-0.25, -0.2) is 13.6 Å². The average Bonchev–Trinajstić information content (AvgIpc) is 2.63. The van der Waals surface area contributed by atoms with E-state index in [9.17, 15) is 13.6 Å². The summed E-state index contributed by atoms with van der Waals surface area (Å²) in [6.07, 6.45) is -0.343. The van der Waals surface area contributed by atoms with Crippen molar-refractivity contribution in [2.24, 2.45) is 0 Å². The predicted octanol–water partition coefficient (Wildman–Crippen LogP) is 3.90. The fourth-order valence-corrected chi connectivity index (χ4v) is 3.49. The van der Waals surface area contributed by atoms with E-state index in [4.69, 9.17) is 4.74 Å². The molecule has 0 aromatic heterocycles. The summed E-state index contributed by atoms with van der Waals surface area (Å²) in [7, 11) is 0. The largest absolute Gasteiger partial charge is 0.444 e. The lowest BCUT2D eigenvalue weighted by atomic mass is 10.0. The number of nitrogens with zero attached hydrogens (tertiary/aromatic N) is 3. The molecule has 1 amide bonds. The molecule has 1 aliphatic rings. The summed E-state index contributed by atoms with van der Waals surface area (Å²) in [5.41, 5.74) is -0.435. The number of ether oxygens (including phenoxy) is 1. The number of hydrogen-bond donors (Lipinski definition) is 0. The van der Waals surface area contributed by atoms with E-state index in [1.807, 2.05) is 34.6 Å². The Kier molecular flexibility index (Phi) is 7.78. The van der Waals surface area contributed by atoms with Crippen molar-refractivity contribution in [1.82, 2.24) is 14.7 Å². The molecule has 1 saturated heterocycles. The summed E-state index contributed by atoms with van der Waals surface area (Å²) >= 11 is 0. The molecule has 1 aromatic rings. The minimum absolute atomic E-state index is 0.111. The first-order chi connectivity index (χ1) is 13.2. The van der Waals surface area contributed by atoms with Crippen molar-refractivity contribution >= 4 is 6.09 Å². The van der Waals surface area contributed by atoms with Crippen molar-refractivity contribution in [3.63, 3.8) is 0 Å². The van der Waals surface area contributed by atoms with Crippen LogP contribution in [0, 0.1) is 11.6 Å². The second-order valence-electron chi connectivity index (χ2n) is 8.14. The second-order valence-corrected chi connectivity index (χ2v) is 8.14. The highest BCUT2D eigenvalue weighted by atomic mass is 19.1. The first-order valence-corrected chi connectivity index (χ1v) is 10.0. The maximum absolute atomic E-state index is 14.5. The first-order valence-electron chi connectivity index (χ1n) is 10.0. The molecule has 1 aliphatic heterocycles. The summed E-state index contributed by atoms with van der Waals surface area (Å²) in [6.45, 7) is 13.8. The predicted molar refractivity (Wildman–Crippen MR) is 106 cm³/mol. The highest BCUT2D eigenvalue weighted by Gasteiger charge is 2.32. The van der Waals surface area contributed by atoms with E-state index >= 15 is 0 Å². The van der Waals surface area contributed by atoms with Gasteiger partial charge in [-0.15, -0.1) is 0 Å². The smallest absolute Gasteiger partial charge is 0.410 e. The summed E-state index contributed by atoms with van der Waals surface area (Å²) in [4.78, 5) is 18.2. The molecule has 0 N–H and O–H groups in total. The molecule has 1 atom stereocenters. The molecule has 7 heteroatoms. The number of amides is 1. The minimum atomic E-state index is -0.546. The quantitative estimate of drug-likeness (QED) is 0.729. The Labute approximate surface area is 167 Å². The third kappa shape index (κ3) is 5.88. The molecule has 0 spiro atoms. The van der Waals surface area contributed by atoms with Crippen molar-refractivity contribution in [2.45, 2.75) is 46.3 Å². The summed E-state index contributed by atoms with van der Waals surface area (Å²) in [5, 5.41) is 0. The van der Waals surface area contributed by atoms with Crippen LogP contribution in [0.1, 0.15) is 46.2 Å². The standard InChI is InChI=1S/C21H33F2N3O2/c1-6-24(7-2)15-18(19-16(22)9-8-10-17(19)23)25-11-13-26(14-12-25)20(27)28-21(3,4)5/h8-10,18H,6-7,11-15H2,1-5H3.